The largest absolute Gasteiger partial charge is 0.467 e. The average Bonchev–Trinajstić information content (AvgIpc) is 3.54. The van der Waals surface area contributed by atoms with Gasteiger partial charge in [-0.2, -0.15) is 5.10 Å². The third-order valence-electron chi connectivity index (χ3n) is 5.70. The van der Waals surface area contributed by atoms with Crippen LogP contribution in [-0.2, 0) is 11.3 Å². The summed E-state index contributed by atoms with van der Waals surface area (Å²) in [5.74, 6) is 0.559. The third-order valence-corrected chi connectivity index (χ3v) is 6.70. The number of rotatable bonds is 7. The van der Waals surface area contributed by atoms with Gasteiger partial charge in [0.1, 0.15) is 5.76 Å². The Morgan fingerprint density at radius 3 is 2.27 bits per heavy atom. The molecule has 0 unspecified atom stereocenters. The molecule has 0 spiro atoms. The highest BCUT2D eigenvalue weighted by Crippen LogP contribution is 2.33. The zero-order chi connectivity index (χ0) is 25.5. The first-order chi connectivity index (χ1) is 18.2. The Morgan fingerprint density at radius 2 is 1.57 bits per heavy atom. The molecule has 1 aliphatic rings. The molecular weight excluding hydrogens is 478 g/mol. The molecule has 0 atom stereocenters. The summed E-state index contributed by atoms with van der Waals surface area (Å²) in [5, 5.41) is 9.21. The first-order valence-electron chi connectivity index (χ1n) is 11.9. The standard InChI is InChI=1S/C31H25N3O2S/c1-23(19-24-9-4-2-5-10-24)20-29-30(35)34(22-28-13-8-18-36-28)31(37-29)33-32-21-25-14-16-27(17-15-25)26-11-6-3-7-12-26/h2-21H,22H2,1H3/b23-19+,29-20-,32-21+,33-31-. The van der Waals surface area contributed by atoms with Crippen LogP contribution < -0.4 is 0 Å². The zero-order valence-corrected chi connectivity index (χ0v) is 21.1. The molecule has 37 heavy (non-hydrogen) atoms. The zero-order valence-electron chi connectivity index (χ0n) is 20.3. The van der Waals surface area contributed by atoms with E-state index in [4.69, 9.17) is 4.42 Å². The van der Waals surface area contributed by atoms with Crippen molar-refractivity contribution in [2.45, 2.75) is 13.5 Å². The van der Waals surface area contributed by atoms with Crippen LogP contribution in [0.5, 0.6) is 0 Å². The molecule has 0 radical (unpaired) electrons. The number of benzene rings is 3. The van der Waals surface area contributed by atoms with Gasteiger partial charge in [-0.15, -0.1) is 5.10 Å². The molecule has 2 heterocycles. The average molecular weight is 504 g/mol. The molecule has 182 valence electrons. The van der Waals surface area contributed by atoms with Gasteiger partial charge >= 0.3 is 0 Å². The minimum Gasteiger partial charge on any atom is -0.467 e. The van der Waals surface area contributed by atoms with E-state index in [-0.39, 0.29) is 12.5 Å². The van der Waals surface area contributed by atoms with Crippen molar-refractivity contribution in [1.82, 2.24) is 4.90 Å². The van der Waals surface area contributed by atoms with Gasteiger partial charge in [0, 0.05) is 0 Å². The van der Waals surface area contributed by atoms with Crippen LogP contribution in [0.3, 0.4) is 0 Å². The summed E-state index contributed by atoms with van der Waals surface area (Å²) >= 11 is 1.31. The fraction of sp³-hybridized carbons (Fsp3) is 0.0645. The maximum Gasteiger partial charge on any atom is 0.267 e. The monoisotopic (exact) mass is 503 g/mol. The van der Waals surface area contributed by atoms with Crippen molar-refractivity contribution < 1.29 is 9.21 Å². The van der Waals surface area contributed by atoms with E-state index < -0.39 is 0 Å². The number of amidine groups is 1. The molecule has 3 aromatic carbocycles. The van der Waals surface area contributed by atoms with Gasteiger partial charge in [-0.05, 0) is 64.7 Å². The van der Waals surface area contributed by atoms with E-state index in [2.05, 4.69) is 34.5 Å². The highest BCUT2D eigenvalue weighted by Gasteiger charge is 2.34. The van der Waals surface area contributed by atoms with Crippen LogP contribution in [-0.4, -0.2) is 22.2 Å². The van der Waals surface area contributed by atoms with Crippen LogP contribution in [0.4, 0.5) is 0 Å². The summed E-state index contributed by atoms with van der Waals surface area (Å²) in [6.07, 6.45) is 7.23. The lowest BCUT2D eigenvalue weighted by Gasteiger charge is -2.12. The fourth-order valence-corrected chi connectivity index (χ4v) is 4.86. The number of carbonyl (C=O) groups is 1. The lowest BCUT2D eigenvalue weighted by molar-refractivity contribution is -0.122. The predicted octanol–water partition coefficient (Wildman–Crippen LogP) is 7.40. The quantitative estimate of drug-likeness (QED) is 0.150. The van der Waals surface area contributed by atoms with E-state index in [1.165, 1.54) is 11.8 Å². The van der Waals surface area contributed by atoms with Crippen LogP contribution >= 0.6 is 11.8 Å². The molecule has 0 N–H and O–H groups in total. The second kappa shape index (κ2) is 11.5. The smallest absolute Gasteiger partial charge is 0.267 e. The molecular formula is C31H25N3O2S. The van der Waals surface area contributed by atoms with Gasteiger partial charge < -0.3 is 4.42 Å². The second-order valence-electron chi connectivity index (χ2n) is 8.50. The summed E-state index contributed by atoms with van der Waals surface area (Å²) in [5.41, 5.74) is 5.28. The highest BCUT2D eigenvalue weighted by atomic mass is 32.2. The maximum absolute atomic E-state index is 13.3. The molecule has 1 fully saturated rings. The van der Waals surface area contributed by atoms with E-state index in [1.807, 2.05) is 85.8 Å². The third kappa shape index (κ3) is 6.23. The van der Waals surface area contributed by atoms with Crippen LogP contribution in [0.1, 0.15) is 23.8 Å². The summed E-state index contributed by atoms with van der Waals surface area (Å²) < 4.78 is 5.48. The summed E-state index contributed by atoms with van der Waals surface area (Å²) in [7, 11) is 0. The Kier molecular flexibility index (Phi) is 7.58. The Morgan fingerprint density at radius 1 is 0.865 bits per heavy atom. The van der Waals surface area contributed by atoms with E-state index in [9.17, 15) is 4.79 Å². The van der Waals surface area contributed by atoms with E-state index in [0.29, 0.717) is 15.8 Å². The number of carbonyl (C=O) groups excluding carboxylic acids is 1. The van der Waals surface area contributed by atoms with Crippen molar-refractivity contribution in [2.75, 3.05) is 0 Å². The minimum absolute atomic E-state index is 0.122. The van der Waals surface area contributed by atoms with Gasteiger partial charge in [0.2, 0.25) is 0 Å². The van der Waals surface area contributed by atoms with Gasteiger partial charge in [-0.25, -0.2) is 0 Å². The maximum atomic E-state index is 13.3. The molecule has 5 rings (SSSR count). The van der Waals surface area contributed by atoms with Crippen molar-refractivity contribution in [3.8, 4) is 11.1 Å². The van der Waals surface area contributed by atoms with Crippen LogP contribution in [0, 0.1) is 0 Å². The van der Waals surface area contributed by atoms with Gasteiger partial charge in [0.25, 0.3) is 5.91 Å². The van der Waals surface area contributed by atoms with Gasteiger partial charge in [-0.1, -0.05) is 91.0 Å². The predicted molar refractivity (Wildman–Crippen MR) is 152 cm³/mol. The highest BCUT2D eigenvalue weighted by molar-refractivity contribution is 8.18. The van der Waals surface area contributed by atoms with Crippen molar-refractivity contribution in [3.63, 3.8) is 0 Å². The normalized spacial score (nSPS) is 16.4. The Hall–Kier alpha value is -4.42. The van der Waals surface area contributed by atoms with Crippen LogP contribution in [0.15, 0.2) is 134 Å². The number of furan rings is 1. The summed E-state index contributed by atoms with van der Waals surface area (Å²) in [4.78, 5) is 15.5. The number of nitrogens with zero attached hydrogens (tertiary/aromatic N) is 3. The Labute approximate surface area is 220 Å². The van der Waals surface area contributed by atoms with Crippen LogP contribution in [0.25, 0.3) is 17.2 Å². The first-order valence-corrected chi connectivity index (χ1v) is 12.7. The Balaban J connectivity index is 1.36. The van der Waals surface area contributed by atoms with Crippen molar-refractivity contribution >= 4 is 35.1 Å². The van der Waals surface area contributed by atoms with Crippen molar-refractivity contribution in [2.24, 2.45) is 10.2 Å². The Bertz CT molecular complexity index is 1470. The summed E-state index contributed by atoms with van der Waals surface area (Å²) in [6.45, 7) is 2.27. The lowest BCUT2D eigenvalue weighted by Crippen LogP contribution is -2.28. The lowest BCUT2D eigenvalue weighted by atomic mass is 10.0. The number of thioether (sulfide) groups is 1. The molecule has 1 amide bonds. The van der Waals surface area contributed by atoms with Gasteiger partial charge in [0.05, 0.1) is 23.9 Å². The molecule has 0 aliphatic carbocycles. The van der Waals surface area contributed by atoms with E-state index in [1.54, 1.807) is 23.4 Å². The number of hydrogen-bond donors (Lipinski definition) is 0. The van der Waals surface area contributed by atoms with E-state index >= 15 is 0 Å². The van der Waals surface area contributed by atoms with E-state index in [0.717, 1.165) is 27.8 Å². The molecule has 1 aliphatic heterocycles. The molecule has 0 bridgehead atoms. The van der Waals surface area contributed by atoms with Crippen molar-refractivity contribution in [3.05, 3.63) is 137 Å². The minimum atomic E-state index is -0.122. The molecule has 0 saturated carbocycles. The van der Waals surface area contributed by atoms with Crippen molar-refractivity contribution in [1.29, 1.82) is 0 Å². The fourth-order valence-electron chi connectivity index (χ4n) is 3.88. The van der Waals surface area contributed by atoms with Crippen LogP contribution in [0.2, 0.25) is 0 Å². The molecule has 1 aromatic heterocycles. The second-order valence-corrected chi connectivity index (χ2v) is 9.50. The molecule has 5 nitrogen and oxygen atoms in total. The molecule has 4 aromatic rings. The topological polar surface area (TPSA) is 58.2 Å². The first kappa shape index (κ1) is 24.3. The number of amides is 1. The molecule has 1 saturated heterocycles. The van der Waals surface area contributed by atoms with Gasteiger partial charge in [-0.3, -0.25) is 9.69 Å². The summed E-state index contributed by atoms with van der Waals surface area (Å²) in [6, 6.07) is 32.0. The SMILES string of the molecule is CC(/C=C1\S/C(=N\N=C\c2ccc(-c3ccccc3)cc2)N(Cc2ccco2)C1=O)=C\c1ccccc1. The number of allylic oxidation sites excluding steroid dienone is 2. The number of hydrogen-bond acceptors (Lipinski definition) is 5. The van der Waals surface area contributed by atoms with Gasteiger partial charge in [0.15, 0.2) is 5.17 Å². The molecule has 6 heteroatoms.